The van der Waals surface area contributed by atoms with Gasteiger partial charge in [0.05, 0.1) is 13.7 Å². The minimum Gasteiger partial charge on any atom is -0.510 e. The molecule has 0 spiro atoms. The highest BCUT2D eigenvalue weighted by Crippen LogP contribution is 2.59. The lowest BCUT2D eigenvalue weighted by molar-refractivity contribution is -0.155. The van der Waals surface area contributed by atoms with E-state index in [2.05, 4.69) is 9.97 Å². The van der Waals surface area contributed by atoms with Gasteiger partial charge >= 0.3 is 13.5 Å². The topological polar surface area (TPSA) is 88.0 Å². The lowest BCUT2D eigenvalue weighted by Gasteiger charge is -2.26. The second-order valence-electron chi connectivity index (χ2n) is 7.48. The summed E-state index contributed by atoms with van der Waals surface area (Å²) in [7, 11) is -1.44. The molecule has 3 N–H and O–H groups in total. The number of hydrogen-bond acceptors (Lipinski definition) is 6. The highest BCUT2D eigenvalue weighted by molar-refractivity contribution is 8.02. The monoisotopic (exact) mass is 510 g/mol. The van der Waals surface area contributed by atoms with Gasteiger partial charge in [-0.25, -0.2) is 8.78 Å². The molecule has 1 fully saturated rings. The van der Waals surface area contributed by atoms with Crippen molar-refractivity contribution in [2.45, 2.75) is 35.4 Å². The molecule has 184 valence electrons. The van der Waals surface area contributed by atoms with Crippen molar-refractivity contribution in [2.24, 2.45) is 0 Å². The van der Waals surface area contributed by atoms with E-state index in [1.165, 1.54) is 0 Å². The van der Waals surface area contributed by atoms with Crippen molar-refractivity contribution in [3.05, 3.63) is 53.3 Å². The molecule has 1 aliphatic rings. The average molecular weight is 510 g/mol. The summed E-state index contributed by atoms with van der Waals surface area (Å²) >= 11 is -0.0277. The Morgan fingerprint density at radius 3 is 2.47 bits per heavy atom. The molecule has 1 aliphatic heterocycles. The molecule has 14 heteroatoms. The Morgan fingerprint density at radius 2 is 1.88 bits per heavy atom. The lowest BCUT2D eigenvalue weighted by atomic mass is 9.85. The van der Waals surface area contributed by atoms with E-state index in [1.807, 2.05) is 0 Å². The molecule has 34 heavy (non-hydrogen) atoms. The fourth-order valence-corrected chi connectivity index (χ4v) is 4.82. The Kier molecular flexibility index (Phi) is 6.92. The van der Waals surface area contributed by atoms with Crippen LogP contribution in [0.3, 0.4) is 0 Å². The predicted molar refractivity (Wildman–Crippen MR) is 112 cm³/mol. The van der Waals surface area contributed by atoms with E-state index in [9.17, 15) is 31.1 Å². The third-order valence-corrected chi connectivity index (χ3v) is 6.69. The number of thioether (sulfide) groups is 1. The molecule has 3 unspecified atom stereocenters. The summed E-state index contributed by atoms with van der Waals surface area (Å²) in [6.07, 6.45) is -5.72. The number of ether oxygens (including phenoxy) is 1. The van der Waals surface area contributed by atoms with Gasteiger partial charge in [-0.15, -0.1) is 11.8 Å². The number of halogens is 6. The molecule has 2 aromatic rings. The molecule has 3 rings (SSSR count). The summed E-state index contributed by atoms with van der Waals surface area (Å²) in [5.74, 6) is -8.19. The van der Waals surface area contributed by atoms with Gasteiger partial charge in [0.15, 0.2) is 17.4 Å². The molecular formula is C20H18BF6NO5S. The summed E-state index contributed by atoms with van der Waals surface area (Å²) in [4.78, 5) is 13.2. The molecule has 2 aromatic carbocycles. The van der Waals surface area contributed by atoms with Crippen LogP contribution in [0.5, 0.6) is 11.5 Å². The number of hydrogen-bond donors (Lipinski definition) is 3. The van der Waals surface area contributed by atoms with E-state index in [1.54, 1.807) is 0 Å². The maximum absolute atomic E-state index is 14.3. The molecular weight excluding hydrogens is 491 g/mol. The van der Waals surface area contributed by atoms with Crippen LogP contribution >= 0.6 is 11.8 Å². The van der Waals surface area contributed by atoms with Crippen molar-refractivity contribution in [3.8, 4) is 11.5 Å². The number of nitrogens with one attached hydrogen (secondary N) is 1. The van der Waals surface area contributed by atoms with Gasteiger partial charge in [0.25, 0.3) is 0 Å². The molecule has 0 aromatic heterocycles. The van der Waals surface area contributed by atoms with Crippen molar-refractivity contribution in [2.75, 3.05) is 12.4 Å². The van der Waals surface area contributed by atoms with Crippen molar-refractivity contribution in [3.63, 3.8) is 0 Å². The zero-order chi connectivity index (χ0) is 26.3. The first-order valence-electron chi connectivity index (χ1n) is 10.1. The molecule has 0 saturated carbocycles. The molecule has 0 radical (unpaired) electrons. The van der Waals surface area contributed by atoms with Crippen molar-refractivity contribution >= 4 is 30.7 Å². The largest absolute Gasteiger partial charge is 0.707 e. The third kappa shape index (κ3) is 5.08. The normalized spacial score (nSPS) is 25.0. The van der Waals surface area contributed by atoms with Crippen LogP contribution < -0.4 is 14.7 Å². The number of carbonyl (C=O) groups excluding carboxylic acids is 1. The second-order valence-corrected chi connectivity index (χ2v) is 9.02. The van der Waals surface area contributed by atoms with Gasteiger partial charge in [-0.3, -0.25) is 4.79 Å². The summed E-state index contributed by atoms with van der Waals surface area (Å²) in [6, 6.07) is 4.22. The van der Waals surface area contributed by atoms with Crippen molar-refractivity contribution in [1.29, 1.82) is 0 Å². The Balaban J connectivity index is 2.06. The van der Waals surface area contributed by atoms with Gasteiger partial charge in [-0.1, -0.05) is 6.07 Å². The number of carbonyl (C=O) groups is 1. The van der Waals surface area contributed by atoms with Crippen LogP contribution in [-0.2, 0) is 4.79 Å². The first kappa shape index (κ1) is 24.5. The maximum Gasteiger partial charge on any atom is 0.707 e. The summed E-state index contributed by atoms with van der Waals surface area (Å²) in [5.41, 5.74) is -0.556. The SMILES string of the molecule is [2H]C1(C(=O)Nc2ccc(F)c(OB(O)O)c2)SC(C)(C(F)(F)F)CC1c1ccc(F)c(F)c1OC. The molecule has 3 atom stereocenters. The number of amides is 1. The Morgan fingerprint density at radius 1 is 1.24 bits per heavy atom. The standard InChI is InChI=1S/C20H18BF6NO5S/c1-19(20(25,26)27)8-11(10-4-6-13(23)15(24)16(10)32-2)17(34-19)18(29)28-9-3-5-12(22)14(7-9)33-21(30)31/h3-7,11,17,30-31H,8H2,1-2H3,(H,28,29)/i17D. The average Bonchev–Trinajstić information content (AvgIpc) is 3.05. The van der Waals surface area contributed by atoms with E-state index in [0.717, 1.165) is 38.3 Å². The lowest BCUT2D eigenvalue weighted by Crippen LogP contribution is -2.37. The number of rotatable bonds is 6. The van der Waals surface area contributed by atoms with E-state index in [4.69, 9.17) is 16.2 Å². The Labute approximate surface area is 195 Å². The minimum atomic E-state index is -4.88. The molecule has 0 aliphatic carbocycles. The molecule has 1 saturated heterocycles. The smallest absolute Gasteiger partial charge is 0.510 e. The highest BCUT2D eigenvalue weighted by atomic mass is 32.2. The molecule has 1 heterocycles. The van der Waals surface area contributed by atoms with Gasteiger partial charge in [0, 0.05) is 23.2 Å². The quantitative estimate of drug-likeness (QED) is 0.402. The first-order chi connectivity index (χ1) is 16.1. The van der Waals surface area contributed by atoms with Crippen LogP contribution in [0.25, 0.3) is 0 Å². The van der Waals surface area contributed by atoms with Gasteiger partial charge in [0.1, 0.15) is 10.5 Å². The van der Waals surface area contributed by atoms with Gasteiger partial charge in [-0.2, -0.15) is 17.6 Å². The maximum atomic E-state index is 14.3. The summed E-state index contributed by atoms with van der Waals surface area (Å²) < 4.78 is 99.0. The Bertz CT molecular complexity index is 1140. The van der Waals surface area contributed by atoms with Crippen LogP contribution in [0.1, 0.15) is 26.2 Å². The van der Waals surface area contributed by atoms with Gasteiger partial charge in [0.2, 0.25) is 11.7 Å². The fourth-order valence-electron chi connectivity index (χ4n) is 3.47. The predicted octanol–water partition coefficient (Wildman–Crippen LogP) is 4.01. The second kappa shape index (κ2) is 9.58. The molecule has 0 bridgehead atoms. The van der Waals surface area contributed by atoms with Crippen molar-refractivity contribution in [1.82, 2.24) is 0 Å². The van der Waals surface area contributed by atoms with E-state index >= 15 is 0 Å². The molecule has 6 nitrogen and oxygen atoms in total. The van der Waals surface area contributed by atoms with E-state index < -0.39 is 70.7 Å². The van der Waals surface area contributed by atoms with Crippen LogP contribution in [0.4, 0.5) is 32.0 Å². The minimum absolute atomic E-state index is 0.0277. The van der Waals surface area contributed by atoms with Crippen molar-refractivity contribution < 1.29 is 51.9 Å². The van der Waals surface area contributed by atoms with E-state index in [0.29, 0.717) is 6.07 Å². The van der Waals surface area contributed by atoms with E-state index in [-0.39, 0.29) is 23.0 Å². The van der Waals surface area contributed by atoms with Crippen LogP contribution in [0, 0.1) is 17.5 Å². The zero-order valence-corrected chi connectivity index (χ0v) is 18.4. The first-order valence-corrected chi connectivity index (χ1v) is 10.4. The molecule has 1 amide bonds. The summed E-state index contributed by atoms with van der Waals surface area (Å²) in [5, 5.41) is 17.3. The highest BCUT2D eigenvalue weighted by Gasteiger charge is 2.60. The van der Waals surface area contributed by atoms with Gasteiger partial charge in [-0.05, 0) is 31.5 Å². The number of anilines is 1. The fraction of sp³-hybridized carbons (Fsp3) is 0.350. The zero-order valence-electron chi connectivity index (χ0n) is 18.5. The van der Waals surface area contributed by atoms with Crippen LogP contribution in [0.2, 0.25) is 0 Å². The Hall–Kier alpha value is -2.58. The van der Waals surface area contributed by atoms with Gasteiger partial charge < -0.3 is 24.8 Å². The van der Waals surface area contributed by atoms with Crippen LogP contribution in [0.15, 0.2) is 30.3 Å². The summed E-state index contributed by atoms with van der Waals surface area (Å²) in [6.45, 7) is 0.785. The third-order valence-electron chi connectivity index (χ3n) is 5.15. The number of benzene rings is 2. The number of methoxy groups -OCH3 is 1. The number of alkyl halides is 3. The van der Waals surface area contributed by atoms with Crippen LogP contribution in [-0.4, -0.2) is 46.5 Å².